The fraction of sp³-hybridized carbons (Fsp3) is 0.677. The first kappa shape index (κ1) is 56.1. The van der Waals surface area contributed by atoms with E-state index >= 15 is 4.79 Å². The van der Waals surface area contributed by atoms with Crippen molar-refractivity contribution in [3.05, 3.63) is 57.7 Å². The van der Waals surface area contributed by atoms with E-state index in [0.29, 0.717) is 70.9 Å². The van der Waals surface area contributed by atoms with Gasteiger partial charge < -0.3 is 33.0 Å². The van der Waals surface area contributed by atoms with Crippen molar-refractivity contribution in [2.45, 2.75) is 148 Å². The molecule has 18 heteroatoms. The van der Waals surface area contributed by atoms with Gasteiger partial charge in [0, 0.05) is 136 Å². The van der Waals surface area contributed by atoms with Crippen LogP contribution in [-0.2, 0) is 51.0 Å². The molecule has 9 atom stereocenters. The van der Waals surface area contributed by atoms with Crippen LogP contribution in [0, 0.1) is 40.9 Å². The number of cyclic esters (lactones) is 1. The van der Waals surface area contributed by atoms with Crippen LogP contribution in [0.5, 0.6) is 0 Å². The van der Waals surface area contributed by atoms with Crippen LogP contribution in [0.1, 0.15) is 114 Å². The second kappa shape index (κ2) is 23.7. The van der Waals surface area contributed by atoms with E-state index in [4.69, 9.17) is 38.4 Å². The maximum absolute atomic E-state index is 15.6. The first-order chi connectivity index (χ1) is 38.8. The highest BCUT2D eigenvalue weighted by atomic mass is 32.1. The van der Waals surface area contributed by atoms with Gasteiger partial charge in [0.2, 0.25) is 0 Å². The maximum atomic E-state index is 15.6. The third-order valence-electron chi connectivity index (χ3n) is 19.3. The Morgan fingerprint density at radius 2 is 1.66 bits per heavy atom. The first-order valence-electron chi connectivity index (χ1n) is 30.0. The van der Waals surface area contributed by atoms with Gasteiger partial charge in [0.1, 0.15) is 23.3 Å². The molecule has 432 valence electrons. The van der Waals surface area contributed by atoms with Gasteiger partial charge in [-0.1, -0.05) is 45.6 Å². The molecule has 3 aromatic heterocycles. The molecule has 0 spiro atoms. The van der Waals surface area contributed by atoms with Crippen LogP contribution < -0.4 is 10.7 Å². The predicted octanol–water partition coefficient (Wildman–Crippen LogP) is 7.08. The summed E-state index contributed by atoms with van der Waals surface area (Å²) in [4.78, 5) is 48.6. The van der Waals surface area contributed by atoms with Crippen LogP contribution in [0.15, 0.2) is 35.8 Å². The summed E-state index contributed by atoms with van der Waals surface area (Å²) in [6.07, 6.45) is 7.72. The number of hydrogen-bond acceptors (Lipinski definition) is 16. The summed E-state index contributed by atoms with van der Waals surface area (Å²) in [5.74, 6) is 7.95. The Balaban J connectivity index is 0.994. The van der Waals surface area contributed by atoms with Crippen LogP contribution in [0.4, 0.5) is 0 Å². The molecule has 2 N–H and O–H groups in total. The summed E-state index contributed by atoms with van der Waals surface area (Å²) in [6, 6.07) is 7.87. The average molecular weight is 1120 g/mol. The number of aromatic nitrogens is 3. The van der Waals surface area contributed by atoms with E-state index in [-0.39, 0.29) is 60.8 Å². The number of methoxy groups -OCH3 is 2. The lowest BCUT2D eigenvalue weighted by molar-refractivity contribution is -0.172. The van der Waals surface area contributed by atoms with E-state index in [9.17, 15) is 4.79 Å². The summed E-state index contributed by atoms with van der Waals surface area (Å²) in [7, 11) is 3.47. The highest BCUT2D eigenvalue weighted by Crippen LogP contribution is 2.49. The number of hydrazine groups is 1. The molecule has 80 heavy (non-hydrogen) atoms. The van der Waals surface area contributed by atoms with E-state index in [1.54, 1.807) is 30.6 Å². The molecule has 6 aliphatic heterocycles. The number of benzene rings is 1. The third kappa shape index (κ3) is 11.5. The van der Waals surface area contributed by atoms with Gasteiger partial charge in [-0.3, -0.25) is 39.6 Å². The highest BCUT2D eigenvalue weighted by Gasteiger charge is 2.55. The van der Waals surface area contributed by atoms with Gasteiger partial charge >= 0.3 is 5.97 Å². The van der Waals surface area contributed by atoms with E-state index in [0.717, 1.165) is 113 Å². The Bertz CT molecular complexity index is 2920. The standard InChI is InChI=1S/C62H85N9O8S/c1-37(67-17-19-68(20-18-67)44-12-13-44)9-10-41-29-48(53(63-34-41)40(4)74-7)56-49-33-62(5,6)36-79-61(73)54-43-30-45(31-43)71(66-54)60(72)55(65-58(75-8)52-38(2)39(52)3)57(69-21-26-77-27-22-69)59-64-50(35-80-59)42-11-14-51(47(49)32-42)70(56)23-28-78-46-15-24-76-25-16-46/h11,14,29,32,34-35,37-40,43-46,52,54-55,57-58,65-66H,12-13,15-28,30-31,33,36H2,1-8H3/t37-,38-,39+,40+,43?,45?,52?,54+,55+,57?,58?/m1/s1. The monoisotopic (exact) mass is 1120 g/mol. The van der Waals surface area contributed by atoms with E-state index in [1.165, 1.54) is 12.8 Å². The van der Waals surface area contributed by atoms with Crippen molar-refractivity contribution >= 4 is 34.1 Å². The van der Waals surface area contributed by atoms with Gasteiger partial charge in [-0.15, -0.1) is 11.3 Å². The Kier molecular flexibility index (Phi) is 16.6. The number of morpholine rings is 1. The van der Waals surface area contributed by atoms with E-state index in [1.807, 2.05) is 6.20 Å². The molecule has 0 radical (unpaired) electrons. The Labute approximate surface area is 477 Å². The van der Waals surface area contributed by atoms with Crippen molar-refractivity contribution in [2.75, 3.05) is 93.1 Å². The van der Waals surface area contributed by atoms with Gasteiger partial charge in [-0.25, -0.2) is 10.4 Å². The Morgan fingerprint density at radius 3 is 2.38 bits per heavy atom. The SMILES string of the molecule is COC(N[C@@H]1C(=O)N2N[C@H](C(=O)OCC(C)(C)Cc3c(-c4cc(C#C[C@@H](C)N5CCN(C6CC6)CC5)cnc4[C@H](C)OC)n(CCOC4CCOCC4)c4ccc(cc34)-c3csc(n3)C1N1CCOCC1)C1CC2C1)C1[C@@H](C)[C@H]1C. The molecule has 3 aliphatic carbocycles. The van der Waals surface area contributed by atoms with Gasteiger partial charge in [-0.2, -0.15) is 0 Å². The number of pyridine rings is 1. The highest BCUT2D eigenvalue weighted by molar-refractivity contribution is 7.10. The molecule has 9 heterocycles. The second-order valence-electron chi connectivity index (χ2n) is 25.1. The quantitative estimate of drug-likeness (QED) is 0.0750. The van der Waals surface area contributed by atoms with E-state index < -0.39 is 23.5 Å². The fourth-order valence-electron chi connectivity index (χ4n) is 13.8. The van der Waals surface area contributed by atoms with Crippen molar-refractivity contribution < 1.29 is 38.0 Å². The van der Waals surface area contributed by atoms with Gasteiger partial charge in [0.05, 0.1) is 67.8 Å². The number of hydrogen-bond donors (Lipinski definition) is 2. The lowest BCUT2D eigenvalue weighted by Crippen LogP contribution is -2.72. The number of carbonyl (C=O) groups is 2. The number of nitrogens with one attached hydrogen (secondary N) is 2. The van der Waals surface area contributed by atoms with Crippen LogP contribution in [0.25, 0.3) is 33.4 Å². The normalized spacial score (nSPS) is 30.0. The van der Waals surface area contributed by atoms with Crippen LogP contribution in [-0.4, -0.2) is 182 Å². The minimum atomic E-state index is -0.756. The molecule has 5 saturated heterocycles. The summed E-state index contributed by atoms with van der Waals surface area (Å²) >= 11 is 1.59. The molecule has 1 aromatic carbocycles. The third-order valence-corrected chi connectivity index (χ3v) is 20.2. The minimum absolute atomic E-state index is 0.0459. The number of rotatable bonds is 14. The van der Waals surface area contributed by atoms with Crippen LogP contribution in [0.3, 0.4) is 0 Å². The molecular weight excluding hydrogens is 1030 g/mol. The van der Waals surface area contributed by atoms with Crippen molar-refractivity contribution in [3.63, 3.8) is 0 Å². The lowest BCUT2D eigenvalue weighted by Gasteiger charge is -2.53. The predicted molar refractivity (Wildman–Crippen MR) is 307 cm³/mol. The molecule has 13 rings (SSSR count). The summed E-state index contributed by atoms with van der Waals surface area (Å²) < 4.78 is 39.7. The number of amides is 1. The zero-order valence-corrected chi connectivity index (χ0v) is 49.2. The molecule has 8 fully saturated rings. The summed E-state index contributed by atoms with van der Waals surface area (Å²) in [6.45, 7) is 22.4. The van der Waals surface area contributed by atoms with E-state index in [2.05, 4.69) is 113 Å². The molecule has 3 unspecified atom stereocenters. The number of nitrogens with zero attached hydrogens (tertiary/aromatic N) is 7. The second-order valence-corrected chi connectivity index (χ2v) is 26.0. The Hall–Kier alpha value is -4.36. The molecule has 4 aromatic rings. The number of thiazole rings is 1. The largest absolute Gasteiger partial charge is 0.464 e. The number of esters is 1. The minimum Gasteiger partial charge on any atom is -0.464 e. The molecular formula is C62H85N9O8S. The molecule has 17 nitrogen and oxygen atoms in total. The molecule has 3 saturated carbocycles. The number of ether oxygens (including phenoxy) is 6. The summed E-state index contributed by atoms with van der Waals surface area (Å²) in [5, 5.41) is 9.63. The smallest absolute Gasteiger partial charge is 0.325 e. The lowest BCUT2D eigenvalue weighted by atomic mass is 9.73. The van der Waals surface area contributed by atoms with Crippen LogP contribution >= 0.6 is 11.3 Å². The number of piperazine rings is 1. The van der Waals surface area contributed by atoms with Crippen LogP contribution in [0.2, 0.25) is 0 Å². The maximum Gasteiger partial charge on any atom is 0.325 e. The summed E-state index contributed by atoms with van der Waals surface area (Å²) in [5.41, 5.74) is 10.5. The van der Waals surface area contributed by atoms with Gasteiger partial charge in [0.15, 0.2) is 0 Å². The van der Waals surface area contributed by atoms with Crippen molar-refractivity contribution in [1.82, 2.24) is 45.0 Å². The molecule has 8 bridgehead atoms. The van der Waals surface area contributed by atoms with Crippen molar-refractivity contribution in [3.8, 4) is 34.4 Å². The zero-order chi connectivity index (χ0) is 55.4. The van der Waals surface area contributed by atoms with Gasteiger partial charge in [-0.05, 0) is 100 Å². The molecule has 9 aliphatic rings. The van der Waals surface area contributed by atoms with Gasteiger partial charge in [0.25, 0.3) is 5.91 Å². The topological polar surface area (TPSA) is 157 Å². The first-order valence-corrected chi connectivity index (χ1v) is 30.8. The zero-order valence-electron chi connectivity index (χ0n) is 48.4. The number of carbonyl (C=O) groups excluding carboxylic acids is 2. The molecule has 1 amide bonds. The van der Waals surface area contributed by atoms with Crippen molar-refractivity contribution in [2.24, 2.45) is 29.1 Å². The average Bonchev–Trinajstić information content (AvgIpc) is 4.41. The Morgan fingerprint density at radius 1 is 0.912 bits per heavy atom. The fourth-order valence-corrected chi connectivity index (χ4v) is 14.8. The van der Waals surface area contributed by atoms with Crippen molar-refractivity contribution in [1.29, 1.82) is 0 Å². The number of fused-ring (bicyclic) bond motifs is 4.